The lowest BCUT2D eigenvalue weighted by atomic mass is 10.0. The number of aromatic nitrogens is 3. The monoisotopic (exact) mass is 599 g/mol. The van der Waals surface area contributed by atoms with Crippen LogP contribution in [0.3, 0.4) is 0 Å². The molecule has 0 bridgehead atoms. The zero-order valence-electron chi connectivity index (χ0n) is 23.3. The van der Waals surface area contributed by atoms with E-state index in [0.29, 0.717) is 33.9 Å². The molecule has 0 saturated carbocycles. The summed E-state index contributed by atoms with van der Waals surface area (Å²) in [6, 6.07) is 11.4. The van der Waals surface area contributed by atoms with Gasteiger partial charge in [0, 0.05) is 42.4 Å². The van der Waals surface area contributed by atoms with Crippen LogP contribution >= 0.6 is 0 Å². The number of sulfone groups is 1. The van der Waals surface area contributed by atoms with Crippen LogP contribution in [0, 0.1) is 12.7 Å². The number of anilines is 1. The average molecular weight is 600 g/mol. The number of nitrogens with one attached hydrogen (secondary N) is 2. The predicted molar refractivity (Wildman–Crippen MR) is 156 cm³/mol. The molecular weight excluding hydrogens is 567 g/mol. The summed E-state index contributed by atoms with van der Waals surface area (Å²) >= 11 is 0. The average Bonchev–Trinajstić information content (AvgIpc) is 2.96. The van der Waals surface area contributed by atoms with Crippen molar-refractivity contribution in [2.45, 2.75) is 50.8 Å². The second-order valence-corrected chi connectivity index (χ2v) is 12.6. The first-order valence-electron chi connectivity index (χ1n) is 13.8. The topological polar surface area (TPSA) is 106 Å². The maximum Gasteiger partial charge on any atom is 0.261 e. The number of ether oxygens (including phenoxy) is 1. The molecule has 0 amide bonds. The Kier molecular flexibility index (Phi) is 8.65. The van der Waals surface area contributed by atoms with E-state index in [1.54, 1.807) is 43.6 Å². The Morgan fingerprint density at radius 3 is 2.67 bits per heavy atom. The molecule has 2 aromatic carbocycles. The van der Waals surface area contributed by atoms with Crippen LogP contribution in [0.1, 0.15) is 37.3 Å². The number of halogens is 3. The van der Waals surface area contributed by atoms with Crippen LogP contribution < -0.4 is 15.4 Å². The van der Waals surface area contributed by atoms with Gasteiger partial charge in [-0.25, -0.2) is 36.5 Å². The number of aryl methyl sites for hydroxylation is 1. The molecule has 1 fully saturated rings. The van der Waals surface area contributed by atoms with E-state index in [2.05, 4.69) is 25.6 Å². The zero-order valence-corrected chi connectivity index (χ0v) is 24.1. The standard InChI is InChI=1S/C30H32F3N5O3S/c1-3-30(32,33)18-42(39,40)17-24-21-9-8-19(2)27(22(21)10-11-25(24)31)41-28-23(7-5-14-35-28)26-12-15-36-29(38-26)37-20-6-4-13-34-16-20/h5,7-12,14-15,20,34H,3-4,6,13,16-18H2,1-2H3,(H,36,37,38)/t20-/m0/s1. The minimum Gasteiger partial charge on any atom is -0.437 e. The fourth-order valence-electron chi connectivity index (χ4n) is 5.00. The van der Waals surface area contributed by atoms with Gasteiger partial charge in [0.05, 0.1) is 17.0 Å². The molecule has 42 heavy (non-hydrogen) atoms. The summed E-state index contributed by atoms with van der Waals surface area (Å²) in [6.45, 7) is 4.81. The van der Waals surface area contributed by atoms with Crippen molar-refractivity contribution in [1.29, 1.82) is 0 Å². The van der Waals surface area contributed by atoms with E-state index in [9.17, 15) is 21.6 Å². The zero-order chi connectivity index (χ0) is 29.9. The Morgan fingerprint density at radius 2 is 1.90 bits per heavy atom. The van der Waals surface area contributed by atoms with Gasteiger partial charge in [0.15, 0.2) is 9.84 Å². The highest BCUT2D eigenvalue weighted by atomic mass is 32.2. The second kappa shape index (κ2) is 12.2. The van der Waals surface area contributed by atoms with Crippen molar-refractivity contribution in [3.8, 4) is 22.9 Å². The third-order valence-corrected chi connectivity index (χ3v) is 8.84. The van der Waals surface area contributed by atoms with Crippen LogP contribution in [0.5, 0.6) is 11.6 Å². The number of hydrogen-bond donors (Lipinski definition) is 2. The van der Waals surface area contributed by atoms with Gasteiger partial charge in [0.25, 0.3) is 5.92 Å². The van der Waals surface area contributed by atoms with Crippen molar-refractivity contribution in [3.63, 3.8) is 0 Å². The first-order chi connectivity index (χ1) is 20.0. The highest BCUT2D eigenvalue weighted by Gasteiger charge is 2.34. The molecule has 0 unspecified atom stereocenters. The summed E-state index contributed by atoms with van der Waals surface area (Å²) in [4.78, 5) is 13.5. The Labute approximate surface area is 242 Å². The Morgan fingerprint density at radius 1 is 1.10 bits per heavy atom. The first kappa shape index (κ1) is 29.7. The summed E-state index contributed by atoms with van der Waals surface area (Å²) in [5.74, 6) is -5.36. The number of benzene rings is 2. The van der Waals surface area contributed by atoms with Crippen molar-refractivity contribution >= 4 is 26.6 Å². The van der Waals surface area contributed by atoms with Crippen molar-refractivity contribution in [1.82, 2.24) is 20.3 Å². The van der Waals surface area contributed by atoms with Crippen LogP contribution in [0.15, 0.2) is 54.9 Å². The van der Waals surface area contributed by atoms with E-state index in [1.165, 1.54) is 13.0 Å². The van der Waals surface area contributed by atoms with Gasteiger partial charge in [-0.2, -0.15) is 0 Å². The highest BCUT2D eigenvalue weighted by molar-refractivity contribution is 7.90. The maximum absolute atomic E-state index is 15.0. The van der Waals surface area contributed by atoms with Gasteiger partial charge < -0.3 is 15.4 Å². The van der Waals surface area contributed by atoms with Crippen LogP contribution in [0.2, 0.25) is 0 Å². The quantitative estimate of drug-likeness (QED) is 0.227. The van der Waals surface area contributed by atoms with E-state index >= 15 is 0 Å². The van der Waals surface area contributed by atoms with E-state index < -0.39 is 39.5 Å². The van der Waals surface area contributed by atoms with Crippen molar-refractivity contribution < 1.29 is 26.3 Å². The molecule has 1 saturated heterocycles. The minimum absolute atomic E-state index is 0.186. The molecule has 0 spiro atoms. The molecule has 3 heterocycles. The predicted octanol–water partition coefficient (Wildman–Crippen LogP) is 6.06. The largest absolute Gasteiger partial charge is 0.437 e. The smallest absolute Gasteiger partial charge is 0.261 e. The molecule has 0 radical (unpaired) electrons. The number of nitrogens with zero attached hydrogens (tertiary/aromatic N) is 3. The summed E-state index contributed by atoms with van der Waals surface area (Å²) in [5, 5.41) is 7.40. The number of pyridine rings is 1. The summed E-state index contributed by atoms with van der Waals surface area (Å²) < 4.78 is 74.5. The van der Waals surface area contributed by atoms with Crippen LogP contribution in [-0.4, -0.2) is 54.2 Å². The van der Waals surface area contributed by atoms with Gasteiger partial charge in [0.1, 0.15) is 17.3 Å². The molecule has 2 aromatic heterocycles. The molecule has 1 aliphatic rings. The Hall–Kier alpha value is -3.77. The number of rotatable bonds is 10. The lowest BCUT2D eigenvalue weighted by molar-refractivity contribution is 0.0217. The number of piperidine rings is 1. The first-order valence-corrected chi connectivity index (χ1v) is 15.6. The van der Waals surface area contributed by atoms with Gasteiger partial charge >= 0.3 is 0 Å². The molecule has 8 nitrogen and oxygen atoms in total. The van der Waals surface area contributed by atoms with Crippen molar-refractivity contribution in [2.75, 3.05) is 24.2 Å². The van der Waals surface area contributed by atoms with E-state index in [0.717, 1.165) is 32.0 Å². The van der Waals surface area contributed by atoms with Gasteiger partial charge in [0.2, 0.25) is 11.8 Å². The molecule has 222 valence electrons. The lowest BCUT2D eigenvalue weighted by Gasteiger charge is -2.23. The summed E-state index contributed by atoms with van der Waals surface area (Å²) in [7, 11) is -4.33. The SMILES string of the molecule is CCC(F)(F)CS(=O)(=O)Cc1c(F)ccc2c(Oc3ncccc3-c3ccnc(N[C@H]4CCCNC4)n3)c(C)ccc12. The molecule has 0 aliphatic carbocycles. The fourth-order valence-corrected chi connectivity index (χ4v) is 6.68. The Balaban J connectivity index is 1.49. The molecule has 2 N–H and O–H groups in total. The number of hydrogen-bond acceptors (Lipinski definition) is 8. The van der Waals surface area contributed by atoms with Crippen LogP contribution in [0.4, 0.5) is 19.1 Å². The summed E-state index contributed by atoms with van der Waals surface area (Å²) in [6.07, 6.45) is 4.66. The van der Waals surface area contributed by atoms with Gasteiger partial charge in [-0.15, -0.1) is 0 Å². The highest BCUT2D eigenvalue weighted by Crippen LogP contribution is 2.38. The number of alkyl halides is 2. The third-order valence-electron chi connectivity index (χ3n) is 7.25. The molecule has 1 aliphatic heterocycles. The van der Waals surface area contributed by atoms with Crippen molar-refractivity contribution in [3.05, 3.63) is 71.8 Å². The molecule has 4 aromatic rings. The minimum atomic E-state index is -4.33. The van der Waals surface area contributed by atoms with Gasteiger partial charge in [-0.3, -0.25) is 0 Å². The van der Waals surface area contributed by atoms with Crippen LogP contribution in [-0.2, 0) is 15.6 Å². The number of fused-ring (bicyclic) bond motifs is 1. The lowest BCUT2D eigenvalue weighted by Crippen LogP contribution is -2.38. The normalized spacial score (nSPS) is 16.0. The second-order valence-electron chi connectivity index (χ2n) is 10.5. The molecule has 5 rings (SSSR count). The fraction of sp³-hybridized carbons (Fsp3) is 0.367. The summed E-state index contributed by atoms with van der Waals surface area (Å²) in [5.41, 5.74) is 1.67. The van der Waals surface area contributed by atoms with Crippen LogP contribution in [0.25, 0.3) is 22.0 Å². The Bertz CT molecular complexity index is 1700. The van der Waals surface area contributed by atoms with E-state index in [-0.39, 0.29) is 22.9 Å². The molecule has 12 heteroatoms. The third kappa shape index (κ3) is 6.81. The molecular formula is C30H32F3N5O3S. The molecule has 1 atom stereocenters. The van der Waals surface area contributed by atoms with Gasteiger partial charge in [-0.1, -0.05) is 19.1 Å². The van der Waals surface area contributed by atoms with E-state index in [4.69, 9.17) is 4.74 Å². The van der Waals surface area contributed by atoms with Crippen molar-refractivity contribution in [2.24, 2.45) is 0 Å². The van der Waals surface area contributed by atoms with Gasteiger partial charge in [-0.05, 0) is 67.6 Å². The maximum atomic E-state index is 15.0. The van der Waals surface area contributed by atoms with E-state index in [1.807, 2.05) is 6.07 Å².